The highest BCUT2D eigenvalue weighted by molar-refractivity contribution is 5.99. The van der Waals surface area contributed by atoms with Gasteiger partial charge in [-0.05, 0) is 31.1 Å². The lowest BCUT2D eigenvalue weighted by Gasteiger charge is -2.29. The lowest BCUT2D eigenvalue weighted by molar-refractivity contribution is -0.120. The van der Waals surface area contributed by atoms with Gasteiger partial charge < -0.3 is 0 Å². The van der Waals surface area contributed by atoms with E-state index in [1.807, 2.05) is 30.3 Å². The van der Waals surface area contributed by atoms with Crippen LogP contribution in [0.5, 0.6) is 0 Å². The number of nitrogens with zero attached hydrogens (tertiary/aromatic N) is 1. The summed E-state index contributed by atoms with van der Waals surface area (Å²) in [7, 11) is 0. The first-order chi connectivity index (χ1) is 8.11. The van der Waals surface area contributed by atoms with Crippen molar-refractivity contribution in [2.45, 2.75) is 26.8 Å². The Labute approximate surface area is 104 Å². The predicted octanol–water partition coefficient (Wildman–Crippen LogP) is 3.21. The second kappa shape index (κ2) is 6.36. The molecule has 2 nitrogen and oxygen atoms in total. The highest BCUT2D eigenvalue weighted by atomic mass is 16.1. The SMILES string of the molecule is C=C(C)C(=O)C(c1ccccc1)N(CC)CC. The van der Waals surface area contributed by atoms with E-state index in [4.69, 9.17) is 0 Å². The maximum Gasteiger partial charge on any atom is 0.179 e. The van der Waals surface area contributed by atoms with E-state index in [-0.39, 0.29) is 11.8 Å². The summed E-state index contributed by atoms with van der Waals surface area (Å²) in [6, 6.07) is 9.72. The molecule has 0 saturated carbocycles. The van der Waals surface area contributed by atoms with E-state index >= 15 is 0 Å². The van der Waals surface area contributed by atoms with Crippen LogP contribution in [0.3, 0.4) is 0 Å². The van der Waals surface area contributed by atoms with Gasteiger partial charge in [0.25, 0.3) is 0 Å². The summed E-state index contributed by atoms with van der Waals surface area (Å²) in [5, 5.41) is 0. The van der Waals surface area contributed by atoms with Crippen molar-refractivity contribution in [1.82, 2.24) is 4.90 Å². The summed E-state index contributed by atoms with van der Waals surface area (Å²) >= 11 is 0. The first-order valence-electron chi connectivity index (χ1n) is 6.10. The third-order valence-electron chi connectivity index (χ3n) is 2.96. The Hall–Kier alpha value is -1.41. The summed E-state index contributed by atoms with van der Waals surface area (Å²) in [6.07, 6.45) is 0. The molecule has 1 aromatic carbocycles. The number of ketones is 1. The van der Waals surface area contributed by atoms with Crippen molar-refractivity contribution in [2.24, 2.45) is 0 Å². The van der Waals surface area contributed by atoms with E-state index < -0.39 is 0 Å². The zero-order valence-corrected chi connectivity index (χ0v) is 10.9. The van der Waals surface area contributed by atoms with Crippen LogP contribution in [0.4, 0.5) is 0 Å². The molecule has 0 fully saturated rings. The normalized spacial score (nSPS) is 12.5. The van der Waals surface area contributed by atoms with Crippen molar-refractivity contribution in [3.63, 3.8) is 0 Å². The van der Waals surface area contributed by atoms with Crippen molar-refractivity contribution in [2.75, 3.05) is 13.1 Å². The monoisotopic (exact) mass is 231 g/mol. The summed E-state index contributed by atoms with van der Waals surface area (Å²) in [5.41, 5.74) is 1.66. The van der Waals surface area contributed by atoms with Crippen LogP contribution in [0.15, 0.2) is 42.5 Å². The number of hydrogen-bond donors (Lipinski definition) is 0. The molecule has 0 aromatic heterocycles. The minimum atomic E-state index is -0.191. The molecule has 0 spiro atoms. The van der Waals surface area contributed by atoms with Crippen LogP contribution in [-0.4, -0.2) is 23.8 Å². The molecular weight excluding hydrogens is 210 g/mol. The summed E-state index contributed by atoms with van der Waals surface area (Å²) < 4.78 is 0. The first kappa shape index (κ1) is 13.7. The molecule has 1 rings (SSSR count). The Balaban J connectivity index is 3.11. The topological polar surface area (TPSA) is 20.3 Å². The van der Waals surface area contributed by atoms with Crippen LogP contribution in [0, 0.1) is 0 Å². The molecule has 1 unspecified atom stereocenters. The van der Waals surface area contributed by atoms with E-state index in [2.05, 4.69) is 25.3 Å². The highest BCUT2D eigenvalue weighted by Crippen LogP contribution is 2.23. The largest absolute Gasteiger partial charge is 0.292 e. The van der Waals surface area contributed by atoms with Crippen LogP contribution in [-0.2, 0) is 4.79 Å². The Kier molecular flexibility index (Phi) is 5.11. The van der Waals surface area contributed by atoms with Gasteiger partial charge in [-0.15, -0.1) is 0 Å². The zero-order valence-electron chi connectivity index (χ0n) is 10.9. The number of Topliss-reactive ketones (excluding diaryl/α,β-unsaturated/α-hetero) is 1. The van der Waals surface area contributed by atoms with Gasteiger partial charge in [0.15, 0.2) is 5.78 Å². The second-order valence-corrected chi connectivity index (χ2v) is 4.18. The quantitative estimate of drug-likeness (QED) is 0.701. The fraction of sp³-hybridized carbons (Fsp3) is 0.400. The van der Waals surface area contributed by atoms with Gasteiger partial charge in [-0.1, -0.05) is 50.8 Å². The van der Waals surface area contributed by atoms with Gasteiger partial charge >= 0.3 is 0 Å². The van der Waals surface area contributed by atoms with Crippen LogP contribution >= 0.6 is 0 Å². The average Bonchev–Trinajstić information content (AvgIpc) is 2.36. The highest BCUT2D eigenvalue weighted by Gasteiger charge is 2.25. The Morgan fingerprint density at radius 3 is 2.18 bits per heavy atom. The number of rotatable bonds is 6. The van der Waals surface area contributed by atoms with Crippen LogP contribution in [0.2, 0.25) is 0 Å². The van der Waals surface area contributed by atoms with Gasteiger partial charge in [0.2, 0.25) is 0 Å². The summed E-state index contributed by atoms with van der Waals surface area (Å²) in [5.74, 6) is 0.111. The van der Waals surface area contributed by atoms with E-state index in [0.717, 1.165) is 18.7 Å². The number of hydrogen-bond acceptors (Lipinski definition) is 2. The lowest BCUT2D eigenvalue weighted by atomic mass is 9.97. The van der Waals surface area contributed by atoms with E-state index in [9.17, 15) is 4.79 Å². The minimum Gasteiger partial charge on any atom is -0.292 e. The smallest absolute Gasteiger partial charge is 0.179 e. The third-order valence-corrected chi connectivity index (χ3v) is 2.96. The maximum absolute atomic E-state index is 12.3. The second-order valence-electron chi connectivity index (χ2n) is 4.18. The van der Waals surface area contributed by atoms with Crippen molar-refractivity contribution >= 4 is 5.78 Å². The molecule has 2 heteroatoms. The fourth-order valence-electron chi connectivity index (χ4n) is 1.99. The van der Waals surface area contributed by atoms with Gasteiger partial charge in [-0.3, -0.25) is 9.69 Å². The Bertz CT molecular complexity index is 379. The summed E-state index contributed by atoms with van der Waals surface area (Å²) in [4.78, 5) is 14.4. The standard InChI is InChI=1S/C15H21NO/c1-5-16(6-2)14(15(17)12(3)4)13-10-8-7-9-11-13/h7-11,14H,3,5-6H2,1-2,4H3. The average molecular weight is 231 g/mol. The zero-order chi connectivity index (χ0) is 12.8. The molecular formula is C15H21NO. The van der Waals surface area contributed by atoms with Crippen LogP contribution < -0.4 is 0 Å². The maximum atomic E-state index is 12.3. The predicted molar refractivity (Wildman–Crippen MR) is 71.9 cm³/mol. The van der Waals surface area contributed by atoms with Crippen LogP contribution in [0.1, 0.15) is 32.4 Å². The number of carbonyl (C=O) groups is 1. The molecule has 0 saturated heterocycles. The molecule has 0 N–H and O–H groups in total. The molecule has 17 heavy (non-hydrogen) atoms. The first-order valence-corrected chi connectivity index (χ1v) is 6.10. The minimum absolute atomic E-state index is 0.111. The molecule has 0 aliphatic carbocycles. The van der Waals surface area contributed by atoms with Crippen molar-refractivity contribution in [1.29, 1.82) is 0 Å². The lowest BCUT2D eigenvalue weighted by Crippen LogP contribution is -2.34. The van der Waals surface area contributed by atoms with Gasteiger partial charge in [0.05, 0.1) is 6.04 Å². The number of carbonyl (C=O) groups excluding carboxylic acids is 1. The third kappa shape index (κ3) is 3.27. The van der Waals surface area contributed by atoms with E-state index in [1.165, 1.54) is 0 Å². The molecule has 0 bridgehead atoms. The van der Waals surface area contributed by atoms with Crippen molar-refractivity contribution in [3.8, 4) is 0 Å². The van der Waals surface area contributed by atoms with Crippen molar-refractivity contribution in [3.05, 3.63) is 48.0 Å². The molecule has 1 aromatic rings. The van der Waals surface area contributed by atoms with Gasteiger partial charge in [0, 0.05) is 0 Å². The van der Waals surface area contributed by atoms with Crippen molar-refractivity contribution < 1.29 is 4.79 Å². The Morgan fingerprint density at radius 1 is 1.24 bits per heavy atom. The van der Waals surface area contributed by atoms with Gasteiger partial charge in [-0.25, -0.2) is 0 Å². The summed E-state index contributed by atoms with van der Waals surface area (Å²) in [6.45, 7) is 11.4. The molecule has 1 atom stereocenters. The molecule has 0 heterocycles. The Morgan fingerprint density at radius 2 is 1.76 bits per heavy atom. The molecule has 0 radical (unpaired) electrons. The molecule has 92 valence electrons. The molecule has 0 aliphatic heterocycles. The molecule has 0 amide bonds. The number of likely N-dealkylation sites (N-methyl/N-ethyl adjacent to an activating group) is 1. The van der Waals surface area contributed by atoms with E-state index in [0.29, 0.717) is 5.57 Å². The molecule has 0 aliphatic rings. The van der Waals surface area contributed by atoms with Crippen LogP contribution in [0.25, 0.3) is 0 Å². The van der Waals surface area contributed by atoms with E-state index in [1.54, 1.807) is 6.92 Å². The van der Waals surface area contributed by atoms with Gasteiger partial charge in [0.1, 0.15) is 0 Å². The number of benzene rings is 1. The van der Waals surface area contributed by atoms with Gasteiger partial charge in [-0.2, -0.15) is 0 Å². The fourth-order valence-corrected chi connectivity index (χ4v) is 1.99.